The van der Waals surface area contributed by atoms with E-state index in [4.69, 9.17) is 0 Å². The number of piperidine rings is 2. The Bertz CT molecular complexity index is 945. The monoisotopic (exact) mass is 433 g/mol. The smallest absolute Gasteiger partial charge is 0.240 e. The molecule has 1 amide bonds. The van der Waals surface area contributed by atoms with E-state index in [0.717, 1.165) is 38.0 Å². The van der Waals surface area contributed by atoms with E-state index >= 15 is 0 Å². The van der Waals surface area contributed by atoms with Crippen molar-refractivity contribution in [2.45, 2.75) is 44.8 Å². The number of nitrogens with one attached hydrogen (secondary N) is 2. The fourth-order valence-electron chi connectivity index (χ4n) is 6.65. The van der Waals surface area contributed by atoms with Gasteiger partial charge in [-0.1, -0.05) is 56.3 Å². The van der Waals surface area contributed by atoms with Gasteiger partial charge in [-0.05, 0) is 53.9 Å². The average Bonchev–Trinajstić information content (AvgIpc) is 3.08. The van der Waals surface area contributed by atoms with Crippen molar-refractivity contribution < 1.29 is 9.90 Å². The van der Waals surface area contributed by atoms with Crippen LogP contribution in [0.2, 0.25) is 0 Å². The highest BCUT2D eigenvalue weighted by atomic mass is 16.3. The first-order chi connectivity index (χ1) is 15.5. The van der Waals surface area contributed by atoms with Crippen LogP contribution in [0.25, 0.3) is 0 Å². The third kappa shape index (κ3) is 3.82. The Morgan fingerprint density at radius 3 is 2.62 bits per heavy atom. The first-order valence-electron chi connectivity index (χ1n) is 12.1. The fourth-order valence-corrected chi connectivity index (χ4v) is 6.65. The molecular weight excluding hydrogens is 398 g/mol. The molecule has 6 rings (SSSR count). The van der Waals surface area contributed by atoms with Crippen LogP contribution >= 0.6 is 0 Å². The zero-order valence-corrected chi connectivity index (χ0v) is 19.1. The summed E-state index contributed by atoms with van der Waals surface area (Å²) in [6.07, 6.45) is 1.84. The summed E-state index contributed by atoms with van der Waals surface area (Å²) in [6, 6.07) is 18.2. The van der Waals surface area contributed by atoms with E-state index in [9.17, 15) is 9.90 Å². The molecule has 3 saturated heterocycles. The van der Waals surface area contributed by atoms with E-state index in [0.29, 0.717) is 30.3 Å². The van der Waals surface area contributed by atoms with E-state index in [1.807, 2.05) is 12.1 Å². The second-order valence-electron chi connectivity index (χ2n) is 10.5. The number of phenolic OH excluding ortho intramolecular Hbond substituents is 1. The number of carbonyl (C=O) groups is 1. The van der Waals surface area contributed by atoms with E-state index in [2.05, 4.69) is 59.7 Å². The highest BCUT2D eigenvalue weighted by molar-refractivity contribution is 5.87. The van der Waals surface area contributed by atoms with Crippen LogP contribution in [0.3, 0.4) is 0 Å². The maximum atomic E-state index is 13.8. The summed E-state index contributed by atoms with van der Waals surface area (Å²) in [7, 11) is 0. The lowest BCUT2D eigenvalue weighted by Crippen LogP contribution is -2.74. The number of phenols is 1. The Hall–Kier alpha value is -2.37. The van der Waals surface area contributed by atoms with Crippen LogP contribution in [0.4, 0.5) is 0 Å². The molecular formula is C27H35N3O2. The molecule has 3 N–H and O–H groups in total. The molecule has 170 valence electrons. The summed E-state index contributed by atoms with van der Waals surface area (Å²) in [5, 5.41) is 16.5. The third-order valence-electron chi connectivity index (χ3n) is 7.91. The first kappa shape index (κ1) is 21.5. The fraction of sp³-hybridized carbons (Fsp3) is 0.519. The van der Waals surface area contributed by atoms with Crippen molar-refractivity contribution in [3.8, 4) is 5.75 Å². The molecule has 1 aliphatic carbocycles. The lowest BCUT2D eigenvalue weighted by molar-refractivity contribution is -0.138. The largest absolute Gasteiger partial charge is 0.508 e. The topological polar surface area (TPSA) is 64.6 Å². The zero-order valence-electron chi connectivity index (χ0n) is 19.1. The minimum atomic E-state index is -0.525. The van der Waals surface area contributed by atoms with Gasteiger partial charge >= 0.3 is 0 Å². The molecule has 1 saturated carbocycles. The van der Waals surface area contributed by atoms with Crippen molar-refractivity contribution in [3.05, 3.63) is 65.7 Å². The molecule has 5 nitrogen and oxygen atoms in total. The quantitative estimate of drug-likeness (QED) is 0.628. The van der Waals surface area contributed by atoms with Gasteiger partial charge in [0.25, 0.3) is 0 Å². The highest BCUT2D eigenvalue weighted by Gasteiger charge is 2.64. The Kier molecular flexibility index (Phi) is 5.72. The van der Waals surface area contributed by atoms with Gasteiger partial charge < -0.3 is 15.7 Å². The molecule has 32 heavy (non-hydrogen) atoms. The molecule has 5 unspecified atom stereocenters. The van der Waals surface area contributed by atoms with Gasteiger partial charge in [0.2, 0.25) is 5.91 Å². The van der Waals surface area contributed by atoms with Gasteiger partial charge in [0.1, 0.15) is 11.3 Å². The molecule has 5 atom stereocenters. The third-order valence-corrected chi connectivity index (χ3v) is 7.91. The highest BCUT2D eigenvalue weighted by Crippen LogP contribution is 2.53. The Balaban J connectivity index is 1.43. The minimum Gasteiger partial charge on any atom is -0.508 e. The average molecular weight is 434 g/mol. The molecule has 4 fully saturated rings. The molecule has 0 radical (unpaired) electrons. The van der Waals surface area contributed by atoms with Crippen LogP contribution < -0.4 is 10.6 Å². The van der Waals surface area contributed by atoms with Gasteiger partial charge in [-0.3, -0.25) is 9.69 Å². The summed E-state index contributed by atoms with van der Waals surface area (Å²) in [4.78, 5) is 16.5. The van der Waals surface area contributed by atoms with Crippen LogP contribution in [-0.4, -0.2) is 47.1 Å². The first-order valence-corrected chi connectivity index (χ1v) is 12.1. The van der Waals surface area contributed by atoms with Gasteiger partial charge in [-0.15, -0.1) is 0 Å². The Morgan fingerprint density at radius 1 is 1.16 bits per heavy atom. The maximum absolute atomic E-state index is 13.8. The predicted molar refractivity (Wildman–Crippen MR) is 126 cm³/mol. The predicted octanol–water partition coefficient (Wildman–Crippen LogP) is 3.19. The van der Waals surface area contributed by atoms with Crippen LogP contribution in [-0.2, 0) is 17.8 Å². The molecule has 4 aliphatic rings. The number of aromatic hydroxyl groups is 1. The van der Waals surface area contributed by atoms with Gasteiger partial charge in [0.05, 0.1) is 0 Å². The van der Waals surface area contributed by atoms with Crippen LogP contribution in [0.15, 0.2) is 54.6 Å². The van der Waals surface area contributed by atoms with Crippen molar-refractivity contribution >= 4 is 5.91 Å². The van der Waals surface area contributed by atoms with Crippen molar-refractivity contribution in [1.29, 1.82) is 0 Å². The number of nitrogens with zero attached hydrogens (tertiary/aromatic N) is 1. The summed E-state index contributed by atoms with van der Waals surface area (Å²) in [6.45, 7) is 8.23. The van der Waals surface area contributed by atoms with Gasteiger partial charge in [0, 0.05) is 38.1 Å². The second kappa shape index (κ2) is 8.53. The number of likely N-dealkylation sites (tertiary alicyclic amines) is 1. The van der Waals surface area contributed by atoms with E-state index in [1.165, 1.54) is 5.56 Å². The summed E-state index contributed by atoms with van der Waals surface area (Å²) >= 11 is 0. The van der Waals surface area contributed by atoms with Crippen molar-refractivity contribution in [3.63, 3.8) is 0 Å². The van der Waals surface area contributed by atoms with E-state index < -0.39 is 5.54 Å². The number of fused-ring (bicyclic) bond motifs is 1. The summed E-state index contributed by atoms with van der Waals surface area (Å²) < 4.78 is 0. The van der Waals surface area contributed by atoms with Gasteiger partial charge in [-0.25, -0.2) is 0 Å². The Labute approximate surface area is 191 Å². The number of amides is 1. The van der Waals surface area contributed by atoms with Gasteiger partial charge in [-0.2, -0.15) is 0 Å². The summed E-state index contributed by atoms with van der Waals surface area (Å²) in [5.41, 5.74) is 1.79. The molecule has 3 aliphatic heterocycles. The molecule has 5 heteroatoms. The lowest BCUT2D eigenvalue weighted by Gasteiger charge is -2.56. The number of hydrogen-bond acceptors (Lipinski definition) is 4. The number of hydrogen-bond donors (Lipinski definition) is 3. The van der Waals surface area contributed by atoms with Crippen LogP contribution in [0, 0.1) is 23.7 Å². The maximum Gasteiger partial charge on any atom is 0.240 e. The second-order valence-corrected chi connectivity index (χ2v) is 10.5. The number of rotatable bonds is 7. The van der Waals surface area contributed by atoms with Gasteiger partial charge in [0.15, 0.2) is 0 Å². The molecule has 3 heterocycles. The standard InChI is InChI=1S/C27H35N3O2/c1-18(2)16-30-17-21-13-27(26(32)28-14-20-8-10-22(31)11-9-20)24(25(30)23(21)15-29-27)12-19-6-4-3-5-7-19/h3-11,18,21,23-25,29,31H,12-17H2,1-2H3,(H,28,32). The molecule has 0 spiro atoms. The summed E-state index contributed by atoms with van der Waals surface area (Å²) in [5.74, 6) is 2.47. The van der Waals surface area contributed by atoms with Crippen LogP contribution in [0.1, 0.15) is 31.4 Å². The molecule has 2 aromatic rings. The number of benzene rings is 2. The molecule has 0 aromatic heterocycles. The lowest BCUT2D eigenvalue weighted by atomic mass is 9.58. The van der Waals surface area contributed by atoms with Crippen molar-refractivity contribution in [2.75, 3.05) is 19.6 Å². The van der Waals surface area contributed by atoms with E-state index in [-0.39, 0.29) is 17.6 Å². The SMILES string of the molecule is CC(C)CN1CC2CC3(C(=O)NCc4ccc(O)cc4)NCC2C1C3Cc1ccccc1. The van der Waals surface area contributed by atoms with Crippen LogP contribution in [0.5, 0.6) is 5.75 Å². The Morgan fingerprint density at radius 2 is 1.91 bits per heavy atom. The minimum absolute atomic E-state index is 0.131. The molecule has 2 aromatic carbocycles. The zero-order chi connectivity index (χ0) is 22.3. The molecule has 4 bridgehead atoms. The van der Waals surface area contributed by atoms with Crippen molar-refractivity contribution in [2.24, 2.45) is 23.7 Å². The van der Waals surface area contributed by atoms with Crippen molar-refractivity contribution in [1.82, 2.24) is 15.5 Å². The normalized spacial score (nSPS) is 31.2. The van der Waals surface area contributed by atoms with E-state index in [1.54, 1.807) is 12.1 Å². The number of carbonyl (C=O) groups excluding carboxylic acids is 1.